The van der Waals surface area contributed by atoms with Gasteiger partial charge in [0.25, 0.3) is 5.91 Å². The molecule has 2 aliphatic rings. The number of hydrogen-bond acceptors (Lipinski definition) is 5. The summed E-state index contributed by atoms with van der Waals surface area (Å²) in [6.07, 6.45) is 4.32. The molecule has 6 heteroatoms. The van der Waals surface area contributed by atoms with Gasteiger partial charge in [0.15, 0.2) is 11.5 Å². The zero-order valence-electron chi connectivity index (χ0n) is 14.5. The van der Waals surface area contributed by atoms with Gasteiger partial charge in [0.2, 0.25) is 0 Å². The molecule has 0 spiro atoms. The Balaban J connectivity index is 1.73. The maximum atomic E-state index is 13.1. The SMILES string of the molecule is COc1cc2c(cc1OC)C(=O)N1C=C(c3ccc(O)cc3)C[C@H]1C=N2. The highest BCUT2D eigenvalue weighted by atomic mass is 16.5. The van der Waals surface area contributed by atoms with E-state index in [1.165, 1.54) is 7.11 Å². The molecule has 0 bridgehead atoms. The second kappa shape index (κ2) is 6.22. The fraction of sp³-hybridized carbons (Fsp3) is 0.200. The molecule has 0 aromatic heterocycles. The Morgan fingerprint density at radius 2 is 1.81 bits per heavy atom. The van der Waals surface area contributed by atoms with Crippen LogP contribution >= 0.6 is 0 Å². The number of hydrogen-bond donors (Lipinski definition) is 1. The summed E-state index contributed by atoms with van der Waals surface area (Å²) in [5, 5.41) is 9.46. The molecule has 0 saturated carbocycles. The minimum Gasteiger partial charge on any atom is -0.508 e. The number of carbonyl (C=O) groups excluding carboxylic acids is 1. The Kier molecular flexibility index (Phi) is 3.88. The van der Waals surface area contributed by atoms with Crippen LogP contribution in [0.25, 0.3) is 5.57 Å². The van der Waals surface area contributed by atoms with Crippen molar-refractivity contribution in [2.75, 3.05) is 14.2 Å². The summed E-state index contributed by atoms with van der Waals surface area (Å²) in [7, 11) is 3.09. The lowest BCUT2D eigenvalue weighted by atomic mass is 10.0. The van der Waals surface area contributed by atoms with Gasteiger partial charge in [0.05, 0.1) is 31.5 Å². The molecule has 26 heavy (non-hydrogen) atoms. The van der Waals surface area contributed by atoms with Crippen molar-refractivity contribution in [1.82, 2.24) is 4.90 Å². The number of phenols is 1. The summed E-state index contributed by atoms with van der Waals surface area (Å²) in [4.78, 5) is 19.3. The first-order valence-electron chi connectivity index (χ1n) is 8.23. The van der Waals surface area contributed by atoms with Crippen LogP contribution in [0.1, 0.15) is 22.3 Å². The van der Waals surface area contributed by atoms with E-state index in [1.807, 2.05) is 18.3 Å². The van der Waals surface area contributed by atoms with Crippen molar-refractivity contribution in [3.63, 3.8) is 0 Å². The van der Waals surface area contributed by atoms with Crippen LogP contribution in [0.5, 0.6) is 17.2 Å². The van der Waals surface area contributed by atoms with Gasteiger partial charge in [-0.15, -0.1) is 0 Å². The minimum atomic E-state index is -0.143. The van der Waals surface area contributed by atoms with Crippen molar-refractivity contribution in [1.29, 1.82) is 0 Å². The van der Waals surface area contributed by atoms with E-state index in [1.54, 1.807) is 42.5 Å². The van der Waals surface area contributed by atoms with E-state index in [0.29, 0.717) is 29.2 Å². The third kappa shape index (κ3) is 2.60. The first-order chi connectivity index (χ1) is 12.6. The lowest BCUT2D eigenvalue weighted by Gasteiger charge is -2.18. The minimum absolute atomic E-state index is 0.128. The van der Waals surface area contributed by atoms with Gasteiger partial charge in [-0.2, -0.15) is 0 Å². The van der Waals surface area contributed by atoms with Crippen molar-refractivity contribution >= 4 is 23.4 Å². The molecule has 0 saturated heterocycles. The van der Waals surface area contributed by atoms with Crippen LogP contribution < -0.4 is 9.47 Å². The predicted molar refractivity (Wildman–Crippen MR) is 98.4 cm³/mol. The summed E-state index contributed by atoms with van der Waals surface area (Å²) in [6, 6.07) is 10.2. The molecule has 1 amide bonds. The third-order valence-corrected chi connectivity index (χ3v) is 4.67. The highest BCUT2D eigenvalue weighted by molar-refractivity contribution is 6.05. The van der Waals surface area contributed by atoms with Gasteiger partial charge < -0.3 is 19.5 Å². The van der Waals surface area contributed by atoms with Crippen LogP contribution in [0.3, 0.4) is 0 Å². The van der Waals surface area contributed by atoms with Crippen LogP contribution in [-0.2, 0) is 0 Å². The van der Waals surface area contributed by atoms with Gasteiger partial charge in [-0.25, -0.2) is 0 Å². The number of benzene rings is 2. The molecule has 2 heterocycles. The first kappa shape index (κ1) is 16.2. The second-order valence-electron chi connectivity index (χ2n) is 6.19. The number of rotatable bonds is 3. The fourth-order valence-electron chi connectivity index (χ4n) is 3.29. The molecule has 0 radical (unpaired) electrons. The Bertz CT molecular complexity index is 932. The summed E-state index contributed by atoms with van der Waals surface area (Å²) >= 11 is 0. The van der Waals surface area contributed by atoms with E-state index in [4.69, 9.17) is 9.47 Å². The molecule has 132 valence electrons. The number of nitrogens with zero attached hydrogens (tertiary/aromatic N) is 2. The van der Waals surface area contributed by atoms with Crippen molar-refractivity contribution in [3.05, 3.63) is 53.7 Å². The number of ether oxygens (including phenoxy) is 2. The third-order valence-electron chi connectivity index (χ3n) is 4.67. The predicted octanol–water partition coefficient (Wildman–Crippen LogP) is 3.38. The lowest BCUT2D eigenvalue weighted by Crippen LogP contribution is -2.32. The van der Waals surface area contributed by atoms with Crippen LogP contribution in [0, 0.1) is 0 Å². The number of aromatic hydroxyl groups is 1. The van der Waals surface area contributed by atoms with Gasteiger partial charge in [0.1, 0.15) is 5.75 Å². The molecular formula is C20H18N2O4. The quantitative estimate of drug-likeness (QED) is 0.921. The molecule has 1 atom stereocenters. The molecule has 6 nitrogen and oxygen atoms in total. The van der Waals surface area contributed by atoms with E-state index in [0.717, 1.165) is 11.1 Å². The maximum absolute atomic E-state index is 13.1. The van der Waals surface area contributed by atoms with Gasteiger partial charge in [-0.1, -0.05) is 12.1 Å². The van der Waals surface area contributed by atoms with E-state index in [-0.39, 0.29) is 17.7 Å². The maximum Gasteiger partial charge on any atom is 0.260 e. The molecular weight excluding hydrogens is 332 g/mol. The molecule has 0 fully saturated rings. The van der Waals surface area contributed by atoms with E-state index >= 15 is 0 Å². The molecule has 2 aromatic carbocycles. The topological polar surface area (TPSA) is 71.4 Å². The second-order valence-corrected chi connectivity index (χ2v) is 6.19. The number of carbonyl (C=O) groups is 1. The Morgan fingerprint density at radius 1 is 1.12 bits per heavy atom. The van der Waals surface area contributed by atoms with Gasteiger partial charge in [-0.05, 0) is 29.3 Å². The molecule has 4 rings (SSSR count). The fourth-order valence-corrected chi connectivity index (χ4v) is 3.29. The smallest absolute Gasteiger partial charge is 0.260 e. The number of fused-ring (bicyclic) bond motifs is 2. The Morgan fingerprint density at radius 3 is 2.50 bits per heavy atom. The normalized spacial score (nSPS) is 18.1. The van der Waals surface area contributed by atoms with E-state index in [2.05, 4.69) is 4.99 Å². The summed E-state index contributed by atoms with van der Waals surface area (Å²) < 4.78 is 10.6. The van der Waals surface area contributed by atoms with E-state index in [9.17, 15) is 9.90 Å². The molecule has 0 aliphatic carbocycles. The van der Waals surface area contributed by atoms with Crippen molar-refractivity contribution in [2.45, 2.75) is 12.5 Å². The number of amides is 1. The average Bonchev–Trinajstić information content (AvgIpc) is 3.05. The molecule has 0 unspecified atom stereocenters. The van der Waals surface area contributed by atoms with Crippen LogP contribution in [0.2, 0.25) is 0 Å². The zero-order chi connectivity index (χ0) is 18.3. The summed E-state index contributed by atoms with van der Waals surface area (Å²) in [5.74, 6) is 1.13. The lowest BCUT2D eigenvalue weighted by molar-refractivity contribution is 0.0817. The zero-order valence-corrected chi connectivity index (χ0v) is 14.5. The number of phenolic OH excluding ortho intramolecular Hbond substituents is 1. The highest BCUT2D eigenvalue weighted by Crippen LogP contribution is 2.39. The Hall–Kier alpha value is -3.28. The Labute approximate surface area is 151 Å². The molecule has 1 N–H and O–H groups in total. The standard InChI is InChI=1S/C20H18N2O4/c1-25-18-8-16-17(9-19(18)26-2)21-10-14-7-13(11-22(14)20(16)24)12-3-5-15(23)6-4-12/h3-6,8-11,14,23H,7H2,1-2H3/t14-/m0/s1. The van der Waals surface area contributed by atoms with Gasteiger partial charge in [-0.3, -0.25) is 9.79 Å². The van der Waals surface area contributed by atoms with Crippen LogP contribution in [-0.4, -0.2) is 42.4 Å². The monoisotopic (exact) mass is 350 g/mol. The number of methoxy groups -OCH3 is 2. The van der Waals surface area contributed by atoms with Gasteiger partial charge >= 0.3 is 0 Å². The van der Waals surface area contributed by atoms with Crippen molar-refractivity contribution in [3.8, 4) is 17.2 Å². The molecule has 2 aromatic rings. The van der Waals surface area contributed by atoms with Crippen molar-refractivity contribution < 1.29 is 19.4 Å². The van der Waals surface area contributed by atoms with Crippen LogP contribution in [0.15, 0.2) is 47.6 Å². The largest absolute Gasteiger partial charge is 0.508 e. The van der Waals surface area contributed by atoms with Gasteiger partial charge in [0, 0.05) is 24.9 Å². The number of aliphatic imine (C=N–C) groups is 1. The van der Waals surface area contributed by atoms with E-state index < -0.39 is 0 Å². The summed E-state index contributed by atoms with van der Waals surface area (Å²) in [5.41, 5.74) is 3.05. The van der Waals surface area contributed by atoms with Crippen molar-refractivity contribution in [2.24, 2.45) is 4.99 Å². The first-order valence-corrected chi connectivity index (χ1v) is 8.23. The summed E-state index contributed by atoms with van der Waals surface area (Å²) in [6.45, 7) is 0. The van der Waals surface area contributed by atoms with Crippen LogP contribution in [0.4, 0.5) is 5.69 Å². The molecule has 2 aliphatic heterocycles. The highest BCUT2D eigenvalue weighted by Gasteiger charge is 2.33. The average molecular weight is 350 g/mol.